The van der Waals surface area contributed by atoms with Crippen LogP contribution in [0.5, 0.6) is 0 Å². The number of hydrogen-bond donors (Lipinski definition) is 0. The molecule has 0 aromatic heterocycles. The van der Waals surface area contributed by atoms with Crippen molar-refractivity contribution in [3.63, 3.8) is 0 Å². The average Bonchev–Trinajstić information content (AvgIpc) is 2.71. The highest BCUT2D eigenvalue weighted by Crippen LogP contribution is 2.22. The summed E-state index contributed by atoms with van der Waals surface area (Å²) in [5.41, 5.74) is 0. The van der Waals surface area contributed by atoms with Gasteiger partial charge < -0.3 is 0 Å². The summed E-state index contributed by atoms with van der Waals surface area (Å²) >= 11 is 0. The number of hydrogen-bond acceptors (Lipinski definition) is 0. The van der Waals surface area contributed by atoms with Crippen molar-refractivity contribution in [2.24, 2.45) is 5.92 Å². The lowest BCUT2D eigenvalue weighted by atomic mass is 9.92. The highest BCUT2D eigenvalue weighted by Gasteiger charge is 2.06. The Morgan fingerprint density at radius 2 is 0.643 bits per heavy atom. The molecule has 0 aliphatic carbocycles. The van der Waals surface area contributed by atoms with Gasteiger partial charge in [-0.15, -0.1) is 0 Å². The SMILES string of the molecule is [CH2]CCCCCCCCCCCCCC(CC)CCCCCCCCCC[CH2]. The van der Waals surface area contributed by atoms with Crippen LogP contribution in [0.25, 0.3) is 0 Å². The fourth-order valence-electron chi connectivity index (χ4n) is 4.42. The fraction of sp³-hybridized carbons (Fsp3) is 0.929. The van der Waals surface area contributed by atoms with E-state index in [9.17, 15) is 0 Å². The lowest BCUT2D eigenvalue weighted by Gasteiger charge is -2.14. The van der Waals surface area contributed by atoms with Crippen molar-refractivity contribution in [2.75, 3.05) is 0 Å². The van der Waals surface area contributed by atoms with Gasteiger partial charge in [-0.3, -0.25) is 0 Å². The minimum Gasteiger partial charge on any atom is -0.0651 e. The van der Waals surface area contributed by atoms with Crippen LogP contribution < -0.4 is 0 Å². The van der Waals surface area contributed by atoms with Crippen LogP contribution in [-0.2, 0) is 0 Å². The van der Waals surface area contributed by atoms with Crippen LogP contribution in [0.15, 0.2) is 0 Å². The molecule has 0 fully saturated rings. The van der Waals surface area contributed by atoms with Crippen molar-refractivity contribution >= 4 is 0 Å². The third-order valence-electron chi connectivity index (χ3n) is 6.55. The van der Waals surface area contributed by atoms with Crippen LogP contribution in [0.1, 0.15) is 161 Å². The van der Waals surface area contributed by atoms with E-state index < -0.39 is 0 Å². The highest BCUT2D eigenvalue weighted by molar-refractivity contribution is 4.59. The van der Waals surface area contributed by atoms with Crippen LogP contribution in [-0.4, -0.2) is 0 Å². The molecule has 28 heavy (non-hydrogen) atoms. The third-order valence-corrected chi connectivity index (χ3v) is 6.55. The van der Waals surface area contributed by atoms with E-state index in [1.165, 1.54) is 141 Å². The molecule has 0 saturated carbocycles. The summed E-state index contributed by atoms with van der Waals surface area (Å²) in [6.07, 6.45) is 34.1. The summed E-state index contributed by atoms with van der Waals surface area (Å²) in [6.45, 7) is 10.2. The second-order valence-corrected chi connectivity index (χ2v) is 9.28. The minimum absolute atomic E-state index is 1.01. The molecule has 1 atom stereocenters. The van der Waals surface area contributed by atoms with Crippen LogP contribution >= 0.6 is 0 Å². The molecule has 0 bridgehead atoms. The molecule has 0 aliphatic heterocycles. The molecule has 0 aromatic carbocycles. The largest absolute Gasteiger partial charge is 0.0651 e. The summed E-state index contributed by atoms with van der Waals surface area (Å²) in [5.74, 6) is 1.01. The van der Waals surface area contributed by atoms with Gasteiger partial charge in [0.2, 0.25) is 0 Å². The Kier molecular flexibility index (Phi) is 25.0. The van der Waals surface area contributed by atoms with Crippen LogP contribution in [0.3, 0.4) is 0 Å². The molecule has 1 unspecified atom stereocenters. The summed E-state index contributed by atoms with van der Waals surface area (Å²) in [5, 5.41) is 0. The Labute approximate surface area is 181 Å². The van der Waals surface area contributed by atoms with E-state index in [0.29, 0.717) is 0 Å². The van der Waals surface area contributed by atoms with Crippen LogP contribution in [0.2, 0.25) is 0 Å². The average molecular weight is 393 g/mol. The van der Waals surface area contributed by atoms with Crippen LogP contribution in [0.4, 0.5) is 0 Å². The second kappa shape index (κ2) is 25.0. The monoisotopic (exact) mass is 392 g/mol. The molecule has 2 radical (unpaired) electrons. The standard InChI is InChI=1S/C28H56/c1-4-7-9-11-13-15-16-17-19-21-23-25-27-28(6-3)26-24-22-20-18-14-12-10-8-5-2/h28H,1-2,4-27H2,3H3. The van der Waals surface area contributed by atoms with Gasteiger partial charge in [0.05, 0.1) is 0 Å². The van der Waals surface area contributed by atoms with Crippen molar-refractivity contribution in [1.29, 1.82) is 0 Å². The fourth-order valence-corrected chi connectivity index (χ4v) is 4.42. The van der Waals surface area contributed by atoms with Gasteiger partial charge in [0.15, 0.2) is 0 Å². The van der Waals surface area contributed by atoms with Gasteiger partial charge in [-0.2, -0.15) is 0 Å². The first-order valence-corrected chi connectivity index (χ1v) is 13.4. The van der Waals surface area contributed by atoms with Crippen molar-refractivity contribution in [3.05, 3.63) is 13.8 Å². The summed E-state index contributed by atoms with van der Waals surface area (Å²) < 4.78 is 0. The zero-order valence-electron chi connectivity index (χ0n) is 20.0. The quantitative estimate of drug-likeness (QED) is 0.143. The number of unbranched alkanes of at least 4 members (excludes halogenated alkanes) is 19. The first kappa shape index (κ1) is 28.0. The van der Waals surface area contributed by atoms with Gasteiger partial charge in [0.25, 0.3) is 0 Å². The zero-order valence-corrected chi connectivity index (χ0v) is 20.0. The van der Waals surface area contributed by atoms with Gasteiger partial charge >= 0.3 is 0 Å². The smallest absolute Gasteiger partial charge is 0.0417 e. The predicted octanol–water partition coefficient (Wildman–Crippen LogP) is 10.7. The maximum atomic E-state index is 3.92. The molecule has 0 saturated heterocycles. The van der Waals surface area contributed by atoms with E-state index in [4.69, 9.17) is 0 Å². The molecule has 0 N–H and O–H groups in total. The summed E-state index contributed by atoms with van der Waals surface area (Å²) in [4.78, 5) is 0. The Balaban J connectivity index is 3.27. The van der Waals surface area contributed by atoms with Gasteiger partial charge in [0, 0.05) is 0 Å². The lowest BCUT2D eigenvalue weighted by molar-refractivity contribution is 0.392. The normalized spacial score (nSPS) is 12.5. The molecule has 0 nitrogen and oxygen atoms in total. The maximum absolute atomic E-state index is 3.92. The van der Waals surface area contributed by atoms with Crippen molar-refractivity contribution in [2.45, 2.75) is 161 Å². The Bertz CT molecular complexity index is 257. The maximum Gasteiger partial charge on any atom is -0.0417 e. The molecule has 0 amide bonds. The molecule has 168 valence electrons. The lowest BCUT2D eigenvalue weighted by Crippen LogP contribution is -1.99. The van der Waals surface area contributed by atoms with Gasteiger partial charge in [0.1, 0.15) is 0 Å². The van der Waals surface area contributed by atoms with Gasteiger partial charge in [-0.1, -0.05) is 175 Å². The molecule has 0 aromatic rings. The Hall–Kier alpha value is 0. The first-order valence-electron chi connectivity index (χ1n) is 13.4. The predicted molar refractivity (Wildman–Crippen MR) is 131 cm³/mol. The van der Waals surface area contributed by atoms with E-state index in [-0.39, 0.29) is 0 Å². The van der Waals surface area contributed by atoms with Crippen molar-refractivity contribution in [3.8, 4) is 0 Å². The molecular weight excluding hydrogens is 336 g/mol. The molecule has 0 heteroatoms. The molecule has 0 rings (SSSR count). The molecule has 0 spiro atoms. The van der Waals surface area contributed by atoms with E-state index in [0.717, 1.165) is 18.8 Å². The summed E-state index contributed by atoms with van der Waals surface area (Å²) in [6, 6.07) is 0. The second-order valence-electron chi connectivity index (χ2n) is 9.28. The van der Waals surface area contributed by atoms with Gasteiger partial charge in [-0.05, 0) is 5.92 Å². The molecular formula is C28H56. The van der Waals surface area contributed by atoms with Crippen molar-refractivity contribution < 1.29 is 0 Å². The summed E-state index contributed by atoms with van der Waals surface area (Å²) in [7, 11) is 0. The molecule has 0 aliphatic rings. The highest BCUT2D eigenvalue weighted by atomic mass is 14.1. The van der Waals surface area contributed by atoms with E-state index in [2.05, 4.69) is 20.8 Å². The topological polar surface area (TPSA) is 0 Å². The first-order chi connectivity index (χ1) is 13.8. The third kappa shape index (κ3) is 22.3. The molecule has 0 heterocycles. The van der Waals surface area contributed by atoms with Crippen LogP contribution in [0, 0.1) is 19.8 Å². The minimum atomic E-state index is 1.01. The Morgan fingerprint density at radius 1 is 0.393 bits per heavy atom. The number of rotatable bonds is 24. The van der Waals surface area contributed by atoms with Crippen molar-refractivity contribution in [1.82, 2.24) is 0 Å². The van der Waals surface area contributed by atoms with Gasteiger partial charge in [-0.25, -0.2) is 0 Å². The van der Waals surface area contributed by atoms with E-state index in [1.54, 1.807) is 0 Å². The van der Waals surface area contributed by atoms with E-state index in [1.807, 2.05) is 0 Å². The van der Waals surface area contributed by atoms with E-state index >= 15 is 0 Å². The Morgan fingerprint density at radius 3 is 0.893 bits per heavy atom. The zero-order chi connectivity index (χ0) is 20.5.